The van der Waals surface area contributed by atoms with Crippen LogP contribution in [-0.2, 0) is 21.5 Å². The van der Waals surface area contributed by atoms with E-state index in [2.05, 4.69) is 61.7 Å². The Morgan fingerprint density at radius 2 is 1.46 bits per heavy atom. The highest BCUT2D eigenvalue weighted by Gasteiger charge is 2.39. The third-order valence-corrected chi connectivity index (χ3v) is 12.3. The molecule has 4 aliphatic rings. The van der Waals surface area contributed by atoms with Crippen molar-refractivity contribution >= 4 is 51.4 Å². The summed E-state index contributed by atoms with van der Waals surface area (Å²) in [5, 5.41) is 2.94. The van der Waals surface area contributed by atoms with E-state index in [1.807, 2.05) is 21.9 Å². The summed E-state index contributed by atoms with van der Waals surface area (Å²) in [6, 6.07) is 15.8. The topological polar surface area (TPSA) is 107 Å². The highest BCUT2D eigenvalue weighted by molar-refractivity contribution is 6.35. The number of hydrogen-bond acceptors (Lipinski definition) is 9. The maximum atomic E-state index is 15.5. The van der Waals surface area contributed by atoms with Gasteiger partial charge in [-0.2, -0.15) is 4.98 Å². The van der Waals surface area contributed by atoms with Crippen molar-refractivity contribution in [2.45, 2.75) is 44.6 Å². The highest BCUT2D eigenvalue weighted by Crippen LogP contribution is 2.44. The minimum atomic E-state index is -1.05. The highest BCUT2D eigenvalue weighted by atomic mass is 35.5. The molecule has 11 nitrogen and oxygen atoms in total. The van der Waals surface area contributed by atoms with E-state index in [0.717, 1.165) is 35.5 Å². The minimum Gasteiger partial charge on any atom is -0.369 e. The molecule has 1 unspecified atom stereocenters. The first-order chi connectivity index (χ1) is 27.4. The van der Waals surface area contributed by atoms with Crippen LogP contribution in [0.2, 0.25) is 5.02 Å². The molecule has 0 saturated carbocycles. The molecule has 3 fully saturated rings. The number of carbonyl (C=O) groups is 2. The van der Waals surface area contributed by atoms with Gasteiger partial charge >= 0.3 is 0 Å². The van der Waals surface area contributed by atoms with Crippen LogP contribution in [0.3, 0.4) is 0 Å². The lowest BCUT2D eigenvalue weighted by Crippen LogP contribution is -2.47. The molecule has 3 aromatic carbocycles. The second-order valence-electron chi connectivity index (χ2n) is 15.7. The number of rotatable bonds is 6. The van der Waals surface area contributed by atoms with E-state index in [4.69, 9.17) is 11.6 Å². The second kappa shape index (κ2) is 14.2. The zero-order chi connectivity index (χ0) is 39.7. The van der Waals surface area contributed by atoms with Gasteiger partial charge < -0.3 is 14.7 Å². The number of nitrogens with one attached hydrogen (secondary N) is 1. The van der Waals surface area contributed by atoms with Crippen molar-refractivity contribution in [2.75, 3.05) is 67.1 Å². The van der Waals surface area contributed by atoms with Gasteiger partial charge in [0.05, 0.1) is 50.5 Å². The Morgan fingerprint density at radius 3 is 2.14 bits per heavy atom. The van der Waals surface area contributed by atoms with Gasteiger partial charge in [-0.3, -0.25) is 34.2 Å². The van der Waals surface area contributed by atoms with Crippen LogP contribution in [0.4, 0.5) is 30.2 Å². The van der Waals surface area contributed by atoms with Crippen LogP contribution in [0.15, 0.2) is 65.6 Å². The first-order valence-electron chi connectivity index (χ1n) is 19.2. The number of fused-ring (bicyclic) bond motifs is 5. The monoisotopic (exact) mass is 796 g/mol. The predicted octanol–water partition coefficient (Wildman–Crippen LogP) is 5.66. The maximum Gasteiger partial charge on any atom is 0.282 e. The van der Waals surface area contributed by atoms with Gasteiger partial charge in [-0.25, -0.2) is 13.2 Å². The molecule has 3 saturated heterocycles. The zero-order valence-electron chi connectivity index (χ0n) is 31.5. The molecule has 294 valence electrons. The number of halogens is 4. The summed E-state index contributed by atoms with van der Waals surface area (Å²) in [7, 11) is 0. The van der Waals surface area contributed by atoms with Gasteiger partial charge in [-0.1, -0.05) is 23.7 Å². The first-order valence-corrected chi connectivity index (χ1v) is 19.6. The smallest absolute Gasteiger partial charge is 0.282 e. The van der Waals surface area contributed by atoms with Crippen molar-refractivity contribution in [1.82, 2.24) is 24.8 Å². The number of amides is 2. The summed E-state index contributed by atoms with van der Waals surface area (Å²) >= 11 is 6.47. The van der Waals surface area contributed by atoms with Gasteiger partial charge in [-0.05, 0) is 62.2 Å². The zero-order valence-corrected chi connectivity index (χ0v) is 32.3. The fourth-order valence-electron chi connectivity index (χ4n) is 8.84. The summed E-state index contributed by atoms with van der Waals surface area (Å²) in [6.45, 7) is 9.30. The number of piperazine rings is 2. The van der Waals surface area contributed by atoms with E-state index < -0.39 is 34.8 Å². The van der Waals surface area contributed by atoms with Crippen LogP contribution in [0.1, 0.15) is 55.3 Å². The summed E-state index contributed by atoms with van der Waals surface area (Å²) in [6.07, 6.45) is 1.76. The molecule has 0 spiro atoms. The first kappa shape index (κ1) is 37.1. The Morgan fingerprint density at radius 1 is 0.807 bits per heavy atom. The van der Waals surface area contributed by atoms with Crippen LogP contribution in [0, 0.1) is 17.5 Å². The Hall–Kier alpha value is -5.47. The molecule has 4 aliphatic heterocycles. The van der Waals surface area contributed by atoms with E-state index in [-0.39, 0.29) is 29.8 Å². The molecule has 0 radical (unpaired) electrons. The van der Waals surface area contributed by atoms with Gasteiger partial charge in [0.15, 0.2) is 0 Å². The molecule has 2 amide bonds. The number of benzene rings is 3. The average Bonchev–Trinajstić information content (AvgIpc) is 3.41. The van der Waals surface area contributed by atoms with Crippen molar-refractivity contribution in [3.8, 4) is 5.69 Å². The van der Waals surface area contributed by atoms with Crippen molar-refractivity contribution < 1.29 is 22.8 Å². The van der Waals surface area contributed by atoms with E-state index in [1.165, 1.54) is 18.2 Å². The minimum absolute atomic E-state index is 0.0262. The fourth-order valence-corrected chi connectivity index (χ4v) is 9.09. The van der Waals surface area contributed by atoms with E-state index in [0.29, 0.717) is 79.1 Å². The van der Waals surface area contributed by atoms with E-state index >= 15 is 13.2 Å². The quantitative estimate of drug-likeness (QED) is 0.218. The third-order valence-electron chi connectivity index (χ3n) is 12.0. The van der Waals surface area contributed by atoms with Crippen molar-refractivity contribution in [3.05, 3.63) is 116 Å². The Balaban J connectivity index is 0.826. The lowest BCUT2D eigenvalue weighted by atomic mass is 9.85. The molecule has 1 N–H and O–H groups in total. The Kier molecular flexibility index (Phi) is 9.23. The summed E-state index contributed by atoms with van der Waals surface area (Å²) in [4.78, 5) is 54.2. The predicted molar refractivity (Wildman–Crippen MR) is 212 cm³/mol. The molecule has 15 heteroatoms. The van der Waals surface area contributed by atoms with Gasteiger partial charge in [0.1, 0.15) is 23.3 Å². The van der Waals surface area contributed by atoms with Crippen LogP contribution in [-0.4, -0.2) is 83.6 Å². The fraction of sp³-hybridized carbons (Fsp3) is 0.357. The standard InChI is InChI=1S/C42H40ClF3N8O3/c1-42(2)28-8-6-24(21-35(28)54-34-5-3-4-29(43)38(34)40(57)49-41(42)54)51-12-10-50(11-13-51)23-33-30(44)20-26(22-47-33)53-16-14-52(15-17-53)25-18-31(45)37(32(46)19-25)27-7-9-36(55)48-39(27)56/h3-6,8,18-22,27H,7,9-17,23H2,1-2H3,(H,48,55,56). The number of aromatic nitrogens is 3. The number of anilines is 3. The Labute approximate surface area is 331 Å². The molecular weight excluding hydrogens is 757 g/mol. The molecule has 5 aromatic rings. The molecule has 0 bridgehead atoms. The van der Waals surface area contributed by atoms with Gasteiger partial charge in [0, 0.05) is 88.3 Å². The number of piperidine rings is 1. The lowest BCUT2D eigenvalue weighted by molar-refractivity contribution is -0.134. The average molecular weight is 797 g/mol. The lowest BCUT2D eigenvalue weighted by Gasteiger charge is -2.38. The molecule has 1 atom stereocenters. The largest absolute Gasteiger partial charge is 0.369 e. The number of pyridine rings is 1. The van der Waals surface area contributed by atoms with Gasteiger partial charge in [0.2, 0.25) is 11.8 Å². The van der Waals surface area contributed by atoms with Crippen LogP contribution < -0.4 is 25.6 Å². The summed E-state index contributed by atoms with van der Waals surface area (Å²) in [5.41, 5.74) is 4.10. The Bertz CT molecular complexity index is 2510. The molecule has 2 aromatic heterocycles. The number of nitrogens with zero attached hydrogens (tertiary/aromatic N) is 7. The van der Waals surface area contributed by atoms with Crippen molar-refractivity contribution in [3.63, 3.8) is 0 Å². The van der Waals surface area contributed by atoms with Crippen LogP contribution in [0.25, 0.3) is 16.6 Å². The van der Waals surface area contributed by atoms with E-state index in [1.54, 1.807) is 12.3 Å². The molecule has 57 heavy (non-hydrogen) atoms. The molecule has 0 aliphatic carbocycles. The van der Waals surface area contributed by atoms with Crippen LogP contribution >= 0.6 is 11.6 Å². The number of carbonyl (C=O) groups excluding carboxylic acids is 2. The summed E-state index contributed by atoms with van der Waals surface area (Å²) in [5.74, 6) is -3.53. The molecule has 6 heterocycles. The van der Waals surface area contributed by atoms with Gasteiger partial charge in [0.25, 0.3) is 5.56 Å². The molecular formula is C42H40ClF3N8O3. The van der Waals surface area contributed by atoms with Gasteiger partial charge in [-0.15, -0.1) is 0 Å². The van der Waals surface area contributed by atoms with Crippen molar-refractivity contribution in [1.29, 1.82) is 0 Å². The second-order valence-corrected chi connectivity index (χ2v) is 16.1. The maximum absolute atomic E-state index is 15.5. The summed E-state index contributed by atoms with van der Waals surface area (Å²) < 4.78 is 47.9. The number of hydrogen-bond donors (Lipinski definition) is 1. The van der Waals surface area contributed by atoms with E-state index in [9.17, 15) is 14.4 Å². The third kappa shape index (κ3) is 6.48. The SMILES string of the molecule is CC1(C)c2ccc(N3CCN(Cc4ncc(N5CCN(c6cc(F)c(C7CCC(=O)NC7=O)c(F)c6)CC5)cc4F)CC3)cc2-n2c1nc(=O)c1c(Cl)cccc12. The van der Waals surface area contributed by atoms with Crippen LogP contribution in [0.5, 0.6) is 0 Å². The normalized spacial score (nSPS) is 19.5. The molecule has 9 rings (SSSR count). The van der Waals surface area contributed by atoms with Crippen molar-refractivity contribution in [2.24, 2.45) is 0 Å². The number of imide groups is 1.